The van der Waals surface area contributed by atoms with Crippen LogP contribution in [0.15, 0.2) is 42.5 Å². The van der Waals surface area contributed by atoms with E-state index in [0.29, 0.717) is 42.7 Å². The van der Waals surface area contributed by atoms with E-state index in [-0.39, 0.29) is 24.2 Å². The number of amides is 2. The number of alkyl halides is 3. The molecule has 2 N–H and O–H groups in total. The van der Waals surface area contributed by atoms with Crippen molar-refractivity contribution in [1.29, 1.82) is 0 Å². The van der Waals surface area contributed by atoms with Gasteiger partial charge in [-0.3, -0.25) is 15.0 Å². The third-order valence-corrected chi connectivity index (χ3v) is 5.97. The molecule has 37 heavy (non-hydrogen) atoms. The number of carbonyl (C=O) groups excluding carboxylic acids is 2. The first-order valence-corrected chi connectivity index (χ1v) is 11.8. The number of anilines is 2. The number of hydrogen-bond donors (Lipinski definition) is 2. The molecule has 1 unspecified atom stereocenters. The number of halogens is 3. The molecule has 198 valence electrons. The summed E-state index contributed by atoms with van der Waals surface area (Å²) in [6.45, 7) is 4.41. The Balaban J connectivity index is 1.69. The minimum Gasteiger partial charge on any atom is -0.449 e. The number of benzene rings is 2. The number of nitrogens with one attached hydrogen (secondary N) is 1. The Morgan fingerprint density at radius 3 is 2.73 bits per heavy atom. The Morgan fingerprint density at radius 1 is 1.24 bits per heavy atom. The van der Waals surface area contributed by atoms with Crippen molar-refractivity contribution < 1.29 is 37.3 Å². The summed E-state index contributed by atoms with van der Waals surface area (Å²) in [7, 11) is 0. The molecular weight excluding hydrogens is 493 g/mol. The monoisotopic (exact) mass is 520 g/mol. The van der Waals surface area contributed by atoms with Gasteiger partial charge >= 0.3 is 12.3 Å². The zero-order chi connectivity index (χ0) is 26.7. The molecule has 12 heteroatoms. The molecule has 0 saturated carbocycles. The summed E-state index contributed by atoms with van der Waals surface area (Å²) in [4.78, 5) is 31.2. The van der Waals surface area contributed by atoms with Crippen LogP contribution in [0.25, 0.3) is 11.0 Å². The van der Waals surface area contributed by atoms with Crippen LogP contribution in [-0.4, -0.2) is 52.7 Å². The summed E-state index contributed by atoms with van der Waals surface area (Å²) in [5.74, 6) is -0.629. The zero-order valence-electron chi connectivity index (χ0n) is 20.3. The normalized spacial score (nSPS) is 15.9. The van der Waals surface area contributed by atoms with Crippen molar-refractivity contribution in [3.05, 3.63) is 53.6 Å². The number of hydrogen-bond acceptors (Lipinski definition) is 6. The van der Waals surface area contributed by atoms with Gasteiger partial charge in [-0.1, -0.05) is 6.07 Å². The van der Waals surface area contributed by atoms with Crippen molar-refractivity contribution in [2.75, 3.05) is 30.0 Å². The molecule has 1 fully saturated rings. The molecule has 1 aliphatic rings. The van der Waals surface area contributed by atoms with Gasteiger partial charge in [-0.25, -0.2) is 9.78 Å². The molecule has 4 rings (SSSR count). The number of imidazole rings is 1. The Kier molecular flexibility index (Phi) is 7.69. The number of fused-ring (bicyclic) bond motifs is 1. The lowest BCUT2D eigenvalue weighted by atomic mass is 10.1. The number of rotatable bonds is 8. The van der Waals surface area contributed by atoms with Crippen molar-refractivity contribution in [1.82, 2.24) is 9.55 Å². The first-order chi connectivity index (χ1) is 17.5. The number of aromatic nitrogens is 2. The summed E-state index contributed by atoms with van der Waals surface area (Å²) in [5, 5.41) is 12.0. The second kappa shape index (κ2) is 10.8. The third kappa shape index (κ3) is 6.03. The van der Waals surface area contributed by atoms with E-state index in [1.165, 1.54) is 24.0 Å². The largest absolute Gasteiger partial charge is 0.449 e. The van der Waals surface area contributed by atoms with Gasteiger partial charge in [-0.2, -0.15) is 13.2 Å². The van der Waals surface area contributed by atoms with Crippen molar-refractivity contribution in [2.45, 2.75) is 45.2 Å². The van der Waals surface area contributed by atoms with Gasteiger partial charge < -0.3 is 19.1 Å². The summed E-state index contributed by atoms with van der Waals surface area (Å²) < 4.78 is 51.5. The highest BCUT2D eigenvalue weighted by Gasteiger charge is 2.31. The van der Waals surface area contributed by atoms with Crippen LogP contribution in [0, 0.1) is 0 Å². The number of ether oxygens (including phenoxy) is 2. The Bertz CT molecular complexity index is 1290. The molecule has 2 amide bonds. The maximum absolute atomic E-state index is 13.1. The summed E-state index contributed by atoms with van der Waals surface area (Å²) in [6, 6.07) is 9.04. The first kappa shape index (κ1) is 26.4. The van der Waals surface area contributed by atoms with Crippen LogP contribution in [0.1, 0.15) is 48.7 Å². The average Bonchev–Trinajstić information content (AvgIpc) is 3.20. The van der Waals surface area contributed by atoms with Crippen LogP contribution in [-0.2, 0) is 15.7 Å². The lowest BCUT2D eigenvalue weighted by Gasteiger charge is -2.26. The second-order valence-electron chi connectivity index (χ2n) is 8.74. The molecule has 1 saturated heterocycles. The topological polar surface area (TPSA) is 106 Å². The van der Waals surface area contributed by atoms with Crippen LogP contribution in [0.2, 0.25) is 0 Å². The van der Waals surface area contributed by atoms with Gasteiger partial charge in [0.25, 0.3) is 5.91 Å². The minimum absolute atomic E-state index is 0.125. The number of nitrogens with zero attached hydrogens (tertiary/aromatic N) is 3. The average molecular weight is 521 g/mol. The number of carbonyl (C=O) groups is 2. The molecule has 1 aromatic heterocycles. The van der Waals surface area contributed by atoms with Gasteiger partial charge in [0.1, 0.15) is 0 Å². The highest BCUT2D eigenvalue weighted by Crippen LogP contribution is 2.32. The molecule has 2 heterocycles. The third-order valence-electron chi connectivity index (χ3n) is 5.97. The molecule has 2 atom stereocenters. The fourth-order valence-electron chi connectivity index (χ4n) is 4.12. The summed E-state index contributed by atoms with van der Waals surface area (Å²) >= 11 is 0. The van der Waals surface area contributed by atoms with Gasteiger partial charge in [-0.05, 0) is 63.1 Å². The van der Waals surface area contributed by atoms with E-state index in [1.54, 1.807) is 22.8 Å². The number of aliphatic hydroxyl groups is 1. The molecule has 9 nitrogen and oxygen atoms in total. The molecule has 0 spiro atoms. The van der Waals surface area contributed by atoms with E-state index in [1.807, 2.05) is 6.92 Å². The SMILES string of the molecule is CC(O)OCC[C@@H](C)n1c(NC(=O)c2cccc(C(F)(F)F)c2)nc2cc(N3CCCOC3=O)ccc21. The summed E-state index contributed by atoms with van der Waals surface area (Å²) in [6.07, 6.45) is -4.88. The van der Waals surface area contributed by atoms with E-state index >= 15 is 0 Å². The molecule has 1 aliphatic heterocycles. The van der Waals surface area contributed by atoms with Crippen molar-refractivity contribution in [2.24, 2.45) is 0 Å². The molecular formula is C25H27F3N4O5. The van der Waals surface area contributed by atoms with Gasteiger partial charge in [0.2, 0.25) is 5.95 Å². The van der Waals surface area contributed by atoms with Crippen LogP contribution < -0.4 is 10.2 Å². The van der Waals surface area contributed by atoms with Crippen LogP contribution in [0.4, 0.5) is 29.6 Å². The summed E-state index contributed by atoms with van der Waals surface area (Å²) in [5.41, 5.74) is 0.574. The van der Waals surface area contributed by atoms with Crippen molar-refractivity contribution >= 4 is 34.7 Å². The highest BCUT2D eigenvalue weighted by molar-refractivity contribution is 6.04. The van der Waals surface area contributed by atoms with Crippen LogP contribution in [0.5, 0.6) is 0 Å². The van der Waals surface area contributed by atoms with Gasteiger partial charge in [0.05, 0.1) is 29.8 Å². The van der Waals surface area contributed by atoms with Gasteiger partial charge in [0.15, 0.2) is 6.29 Å². The standard InChI is InChI=1S/C25H27F3N4O5/c1-15(9-12-36-16(2)33)32-21-8-7-19(31-10-4-11-37-24(31)35)14-20(21)29-23(32)30-22(34)17-5-3-6-18(13-17)25(26,27)28/h3,5-8,13-16,33H,4,9-12H2,1-2H3,(H,29,30,34)/t15-,16?/m1/s1. The molecule has 0 bridgehead atoms. The lowest BCUT2D eigenvalue weighted by molar-refractivity contribution is -0.137. The van der Waals surface area contributed by atoms with E-state index in [2.05, 4.69) is 10.3 Å². The van der Waals surface area contributed by atoms with Gasteiger partial charge in [-0.15, -0.1) is 0 Å². The second-order valence-corrected chi connectivity index (χ2v) is 8.74. The first-order valence-electron chi connectivity index (χ1n) is 11.8. The maximum Gasteiger partial charge on any atom is 0.416 e. The smallest absolute Gasteiger partial charge is 0.416 e. The minimum atomic E-state index is -4.59. The van der Waals surface area contributed by atoms with E-state index in [4.69, 9.17) is 9.47 Å². The van der Waals surface area contributed by atoms with E-state index < -0.39 is 30.0 Å². The van der Waals surface area contributed by atoms with Crippen molar-refractivity contribution in [3.63, 3.8) is 0 Å². The fraction of sp³-hybridized carbons (Fsp3) is 0.400. The Hall–Kier alpha value is -3.64. The lowest BCUT2D eigenvalue weighted by Crippen LogP contribution is -2.37. The molecule has 3 aromatic rings. The Morgan fingerprint density at radius 2 is 2.03 bits per heavy atom. The molecule has 0 radical (unpaired) electrons. The van der Waals surface area contributed by atoms with E-state index in [9.17, 15) is 27.9 Å². The van der Waals surface area contributed by atoms with Crippen LogP contribution in [0.3, 0.4) is 0 Å². The number of aliphatic hydroxyl groups excluding tert-OH is 1. The maximum atomic E-state index is 13.1. The highest BCUT2D eigenvalue weighted by atomic mass is 19.4. The van der Waals surface area contributed by atoms with E-state index in [0.717, 1.165) is 12.1 Å². The van der Waals surface area contributed by atoms with Gasteiger partial charge in [0, 0.05) is 23.8 Å². The predicted molar refractivity (Wildman–Crippen MR) is 129 cm³/mol. The quantitative estimate of drug-likeness (QED) is 0.407. The fourth-order valence-corrected chi connectivity index (χ4v) is 4.12. The predicted octanol–water partition coefficient (Wildman–Crippen LogP) is 4.96. The molecule has 2 aromatic carbocycles. The Labute approximate surface area is 210 Å². The van der Waals surface area contributed by atoms with Crippen molar-refractivity contribution in [3.8, 4) is 0 Å². The zero-order valence-corrected chi connectivity index (χ0v) is 20.3. The van der Waals surface area contributed by atoms with Crippen LogP contribution >= 0.6 is 0 Å². The number of cyclic esters (lactones) is 1. The molecule has 0 aliphatic carbocycles.